The average Bonchev–Trinajstić information content (AvgIpc) is 3.12. The Morgan fingerprint density at radius 3 is 2.29 bits per heavy atom. The number of carbonyl (C=O) groups excluding carboxylic acids is 3. The molecule has 1 heterocycles. The number of ether oxygens (including phenoxy) is 2. The largest absolute Gasteiger partial charge is 0.497 e. The predicted molar refractivity (Wildman–Crippen MR) is 135 cm³/mol. The lowest BCUT2D eigenvalue weighted by Crippen LogP contribution is -2.33. The molecule has 3 aromatic carbocycles. The van der Waals surface area contributed by atoms with Crippen LogP contribution in [0.2, 0.25) is 0 Å². The monoisotopic (exact) mass is 488 g/mol. The molecule has 178 valence electrons. The Balaban J connectivity index is 1.73. The average molecular weight is 489 g/mol. The lowest BCUT2D eigenvalue weighted by atomic mass is 10.1. The maximum atomic E-state index is 13.6. The molecule has 0 aliphatic carbocycles. The number of benzene rings is 3. The van der Waals surface area contributed by atoms with Crippen LogP contribution in [0.4, 0.5) is 11.4 Å². The number of nitrogens with one attached hydrogen (secondary N) is 1. The number of imide groups is 1. The van der Waals surface area contributed by atoms with E-state index in [2.05, 4.69) is 5.32 Å². The van der Waals surface area contributed by atoms with Crippen LogP contribution in [0.3, 0.4) is 0 Å². The molecular formula is C27H24N2O5S. The zero-order valence-corrected chi connectivity index (χ0v) is 20.1. The van der Waals surface area contributed by atoms with Gasteiger partial charge < -0.3 is 14.8 Å². The zero-order valence-electron chi connectivity index (χ0n) is 19.3. The molecule has 1 N–H and O–H groups in total. The van der Waals surface area contributed by atoms with Crippen LogP contribution in [-0.2, 0) is 14.3 Å². The highest BCUT2D eigenvalue weighted by Gasteiger charge is 2.41. The van der Waals surface area contributed by atoms with Crippen LogP contribution in [0.25, 0.3) is 0 Å². The summed E-state index contributed by atoms with van der Waals surface area (Å²) in [5, 5.41) is 3.10. The lowest BCUT2D eigenvalue weighted by molar-refractivity contribution is -0.120. The van der Waals surface area contributed by atoms with Crippen molar-refractivity contribution in [3.8, 4) is 5.75 Å². The Hall–Kier alpha value is -4.04. The van der Waals surface area contributed by atoms with Crippen LogP contribution in [0.15, 0.2) is 94.4 Å². The highest BCUT2D eigenvalue weighted by Crippen LogP contribution is 2.39. The van der Waals surface area contributed by atoms with Gasteiger partial charge in [-0.3, -0.25) is 9.59 Å². The minimum atomic E-state index is -0.586. The number of nitrogens with zero attached hydrogens (tertiary/aromatic N) is 1. The van der Waals surface area contributed by atoms with Gasteiger partial charge in [0.2, 0.25) is 0 Å². The van der Waals surface area contributed by atoms with E-state index in [9.17, 15) is 14.4 Å². The minimum Gasteiger partial charge on any atom is -0.497 e. The number of anilines is 2. The van der Waals surface area contributed by atoms with E-state index in [-0.39, 0.29) is 28.5 Å². The Bertz CT molecular complexity index is 1270. The summed E-state index contributed by atoms with van der Waals surface area (Å²) in [5.41, 5.74) is 1.08. The third kappa shape index (κ3) is 5.22. The molecule has 0 saturated heterocycles. The maximum absolute atomic E-state index is 13.6. The third-order valence-electron chi connectivity index (χ3n) is 5.17. The van der Waals surface area contributed by atoms with E-state index >= 15 is 0 Å². The number of amides is 2. The standard InChI is InChI=1S/C27H24N2O5S/c1-3-17-34-27(32)21-11-7-8-12-22(21)29-25(30)23(28-18-13-15-19(33-2)16-14-18)24(26(29)31)35-20-9-5-4-6-10-20/h4-16,28H,3,17H2,1-2H3. The van der Waals surface area contributed by atoms with Crippen LogP contribution >= 0.6 is 11.8 Å². The second kappa shape index (κ2) is 10.9. The number of carbonyl (C=O) groups is 3. The maximum Gasteiger partial charge on any atom is 0.340 e. The molecule has 0 unspecified atom stereocenters. The van der Waals surface area contributed by atoms with E-state index < -0.39 is 17.8 Å². The van der Waals surface area contributed by atoms with Gasteiger partial charge in [0.25, 0.3) is 11.8 Å². The summed E-state index contributed by atoms with van der Waals surface area (Å²) in [7, 11) is 1.57. The number of methoxy groups -OCH3 is 1. The molecule has 8 heteroatoms. The van der Waals surface area contributed by atoms with Crippen LogP contribution in [0, 0.1) is 0 Å². The van der Waals surface area contributed by atoms with E-state index in [4.69, 9.17) is 9.47 Å². The van der Waals surface area contributed by atoms with Crippen molar-refractivity contribution in [2.24, 2.45) is 0 Å². The van der Waals surface area contributed by atoms with E-state index in [0.29, 0.717) is 17.9 Å². The van der Waals surface area contributed by atoms with Gasteiger partial charge in [-0.25, -0.2) is 9.69 Å². The molecular weight excluding hydrogens is 464 g/mol. The molecule has 0 fully saturated rings. The first kappa shape index (κ1) is 24.1. The second-order valence-electron chi connectivity index (χ2n) is 7.57. The summed E-state index contributed by atoms with van der Waals surface area (Å²) >= 11 is 1.19. The Labute approximate surface area is 207 Å². The zero-order chi connectivity index (χ0) is 24.8. The molecule has 35 heavy (non-hydrogen) atoms. The first-order chi connectivity index (χ1) is 17.0. The van der Waals surface area contributed by atoms with Gasteiger partial charge in [0.1, 0.15) is 16.4 Å². The summed E-state index contributed by atoms with van der Waals surface area (Å²) in [4.78, 5) is 42.0. The van der Waals surface area contributed by atoms with Gasteiger partial charge >= 0.3 is 5.97 Å². The highest BCUT2D eigenvalue weighted by molar-refractivity contribution is 8.04. The molecule has 0 atom stereocenters. The SMILES string of the molecule is CCCOC(=O)c1ccccc1N1C(=O)C(Nc2ccc(OC)cc2)=C(Sc2ccccc2)C1=O. The predicted octanol–water partition coefficient (Wildman–Crippen LogP) is 5.25. The second-order valence-corrected chi connectivity index (χ2v) is 8.66. The van der Waals surface area contributed by atoms with Crippen molar-refractivity contribution in [2.75, 3.05) is 23.9 Å². The summed E-state index contributed by atoms with van der Waals surface area (Å²) in [6.45, 7) is 2.13. The Morgan fingerprint density at radius 2 is 1.60 bits per heavy atom. The van der Waals surface area contributed by atoms with Crippen molar-refractivity contribution in [1.82, 2.24) is 0 Å². The van der Waals surface area contributed by atoms with Gasteiger partial charge in [-0.05, 0) is 55.0 Å². The van der Waals surface area contributed by atoms with E-state index in [1.807, 2.05) is 37.3 Å². The van der Waals surface area contributed by atoms with Crippen molar-refractivity contribution >= 4 is 40.9 Å². The Morgan fingerprint density at radius 1 is 0.914 bits per heavy atom. The third-order valence-corrected chi connectivity index (χ3v) is 6.26. The molecule has 0 spiro atoms. The van der Waals surface area contributed by atoms with Crippen LogP contribution < -0.4 is 15.0 Å². The lowest BCUT2D eigenvalue weighted by Gasteiger charge is -2.18. The number of hydrogen-bond acceptors (Lipinski definition) is 7. The summed E-state index contributed by atoms with van der Waals surface area (Å²) in [6.07, 6.45) is 0.658. The van der Waals surface area contributed by atoms with Crippen molar-refractivity contribution in [3.63, 3.8) is 0 Å². The topological polar surface area (TPSA) is 84.9 Å². The molecule has 7 nitrogen and oxygen atoms in total. The van der Waals surface area contributed by atoms with Gasteiger partial charge in [-0.15, -0.1) is 0 Å². The highest BCUT2D eigenvalue weighted by atomic mass is 32.2. The fraction of sp³-hybridized carbons (Fsp3) is 0.148. The van der Waals surface area contributed by atoms with Gasteiger partial charge in [0.15, 0.2) is 0 Å². The molecule has 0 bridgehead atoms. The van der Waals surface area contributed by atoms with Crippen LogP contribution in [0.1, 0.15) is 23.7 Å². The molecule has 4 rings (SSSR count). The summed E-state index contributed by atoms with van der Waals surface area (Å²) in [5.74, 6) is -0.995. The fourth-order valence-corrected chi connectivity index (χ4v) is 4.42. The Kier molecular flexibility index (Phi) is 7.52. The van der Waals surface area contributed by atoms with Gasteiger partial charge in [0, 0.05) is 10.6 Å². The molecule has 3 aromatic rings. The molecule has 2 amide bonds. The van der Waals surface area contributed by atoms with Crippen LogP contribution in [-0.4, -0.2) is 31.5 Å². The van der Waals surface area contributed by atoms with Gasteiger partial charge in [-0.2, -0.15) is 0 Å². The van der Waals surface area contributed by atoms with Crippen LogP contribution in [0.5, 0.6) is 5.75 Å². The number of hydrogen-bond donors (Lipinski definition) is 1. The first-order valence-corrected chi connectivity index (χ1v) is 11.9. The molecule has 0 aromatic heterocycles. The number of esters is 1. The van der Waals surface area contributed by atoms with Gasteiger partial charge in [-0.1, -0.05) is 49.0 Å². The normalized spacial score (nSPS) is 13.3. The first-order valence-electron chi connectivity index (χ1n) is 11.1. The summed E-state index contributed by atoms with van der Waals surface area (Å²) < 4.78 is 10.5. The van der Waals surface area contributed by atoms with Gasteiger partial charge in [0.05, 0.1) is 25.0 Å². The molecule has 0 radical (unpaired) electrons. The minimum absolute atomic E-state index is 0.130. The van der Waals surface area contributed by atoms with Crippen molar-refractivity contribution < 1.29 is 23.9 Å². The number of rotatable bonds is 9. The van der Waals surface area contributed by atoms with Crippen molar-refractivity contribution in [1.29, 1.82) is 0 Å². The summed E-state index contributed by atoms with van der Waals surface area (Å²) in [6, 6.07) is 22.8. The molecule has 0 saturated carbocycles. The van der Waals surface area contributed by atoms with E-state index in [0.717, 1.165) is 9.80 Å². The smallest absolute Gasteiger partial charge is 0.340 e. The van der Waals surface area contributed by atoms with Crippen molar-refractivity contribution in [3.05, 3.63) is 95.0 Å². The number of para-hydroxylation sites is 1. The molecule has 1 aliphatic heterocycles. The van der Waals surface area contributed by atoms with Crippen molar-refractivity contribution in [2.45, 2.75) is 18.2 Å². The molecule has 1 aliphatic rings. The number of thioether (sulfide) groups is 1. The van der Waals surface area contributed by atoms with E-state index in [1.165, 1.54) is 11.8 Å². The fourth-order valence-electron chi connectivity index (χ4n) is 3.47. The van der Waals surface area contributed by atoms with E-state index in [1.54, 1.807) is 55.6 Å². The quantitative estimate of drug-likeness (QED) is 0.325.